The SMILES string of the molecule is O=C1C[C@H](c2cccc(F)c2)Nc2ccccc2N1. The number of benzene rings is 2. The van der Waals surface area contributed by atoms with Crippen molar-refractivity contribution >= 4 is 17.3 Å². The Kier molecular flexibility index (Phi) is 2.91. The summed E-state index contributed by atoms with van der Waals surface area (Å²) in [5, 5.41) is 6.12. The number of carbonyl (C=O) groups is 1. The first-order valence-corrected chi connectivity index (χ1v) is 6.13. The highest BCUT2D eigenvalue weighted by Crippen LogP contribution is 2.31. The third kappa shape index (κ3) is 2.42. The number of fused-ring (bicyclic) bond motifs is 1. The predicted molar refractivity (Wildman–Crippen MR) is 72.5 cm³/mol. The van der Waals surface area contributed by atoms with Crippen molar-refractivity contribution in [2.75, 3.05) is 10.6 Å². The molecule has 1 atom stereocenters. The second-order valence-corrected chi connectivity index (χ2v) is 4.55. The summed E-state index contributed by atoms with van der Waals surface area (Å²) in [6.45, 7) is 0. The smallest absolute Gasteiger partial charge is 0.226 e. The van der Waals surface area contributed by atoms with Gasteiger partial charge >= 0.3 is 0 Å². The molecule has 3 rings (SSSR count). The van der Waals surface area contributed by atoms with Crippen LogP contribution in [-0.4, -0.2) is 5.91 Å². The molecule has 0 saturated heterocycles. The molecule has 2 N–H and O–H groups in total. The Morgan fingerprint density at radius 1 is 1.05 bits per heavy atom. The molecule has 0 aromatic heterocycles. The molecule has 19 heavy (non-hydrogen) atoms. The summed E-state index contributed by atoms with van der Waals surface area (Å²) < 4.78 is 13.3. The van der Waals surface area contributed by atoms with Crippen LogP contribution in [0.3, 0.4) is 0 Å². The van der Waals surface area contributed by atoms with Gasteiger partial charge in [-0.3, -0.25) is 4.79 Å². The van der Waals surface area contributed by atoms with Gasteiger partial charge in [-0.15, -0.1) is 0 Å². The molecule has 4 heteroatoms. The van der Waals surface area contributed by atoms with Gasteiger partial charge < -0.3 is 10.6 Å². The zero-order chi connectivity index (χ0) is 13.2. The fraction of sp³-hybridized carbons (Fsp3) is 0.133. The van der Waals surface area contributed by atoms with Gasteiger partial charge in [0.15, 0.2) is 0 Å². The second-order valence-electron chi connectivity index (χ2n) is 4.55. The summed E-state index contributed by atoms with van der Waals surface area (Å²) in [4.78, 5) is 11.9. The first kappa shape index (κ1) is 11.7. The highest BCUT2D eigenvalue weighted by molar-refractivity contribution is 5.96. The molecule has 0 bridgehead atoms. The van der Waals surface area contributed by atoms with Crippen molar-refractivity contribution < 1.29 is 9.18 Å². The lowest BCUT2D eigenvalue weighted by Gasteiger charge is -2.17. The van der Waals surface area contributed by atoms with Gasteiger partial charge in [0.25, 0.3) is 0 Å². The summed E-state index contributed by atoms with van der Waals surface area (Å²) in [7, 11) is 0. The van der Waals surface area contributed by atoms with Crippen molar-refractivity contribution in [1.29, 1.82) is 0 Å². The molecule has 3 nitrogen and oxygen atoms in total. The molecule has 96 valence electrons. The van der Waals surface area contributed by atoms with Crippen molar-refractivity contribution in [2.45, 2.75) is 12.5 Å². The number of carbonyl (C=O) groups excluding carboxylic acids is 1. The van der Waals surface area contributed by atoms with Crippen LogP contribution in [0.2, 0.25) is 0 Å². The third-order valence-electron chi connectivity index (χ3n) is 3.17. The number of anilines is 2. The highest BCUT2D eigenvalue weighted by atomic mass is 19.1. The van der Waals surface area contributed by atoms with Crippen molar-refractivity contribution in [3.63, 3.8) is 0 Å². The molecule has 0 spiro atoms. The number of para-hydroxylation sites is 2. The topological polar surface area (TPSA) is 41.1 Å². The Bertz CT molecular complexity index is 627. The largest absolute Gasteiger partial charge is 0.376 e. The van der Waals surface area contributed by atoms with Gasteiger partial charge in [0.1, 0.15) is 5.82 Å². The summed E-state index contributed by atoms with van der Waals surface area (Å²) in [5.41, 5.74) is 2.38. The normalized spacial score (nSPS) is 17.9. The molecule has 1 heterocycles. The van der Waals surface area contributed by atoms with Crippen molar-refractivity contribution in [3.8, 4) is 0 Å². The van der Waals surface area contributed by atoms with E-state index in [4.69, 9.17) is 0 Å². The Morgan fingerprint density at radius 3 is 2.63 bits per heavy atom. The molecular weight excluding hydrogens is 243 g/mol. The van der Waals surface area contributed by atoms with Crippen molar-refractivity contribution in [2.24, 2.45) is 0 Å². The first-order valence-electron chi connectivity index (χ1n) is 6.13. The first-order chi connectivity index (χ1) is 9.22. The number of nitrogens with one attached hydrogen (secondary N) is 2. The van der Waals surface area contributed by atoms with E-state index < -0.39 is 0 Å². The summed E-state index contributed by atoms with van der Waals surface area (Å²) in [6, 6.07) is 13.6. The number of halogens is 1. The predicted octanol–water partition coefficient (Wildman–Crippen LogP) is 3.32. The average molecular weight is 256 g/mol. The molecule has 0 radical (unpaired) electrons. The molecule has 0 aliphatic carbocycles. The maximum atomic E-state index is 13.3. The van der Waals surface area contributed by atoms with E-state index in [-0.39, 0.29) is 24.2 Å². The Hall–Kier alpha value is -2.36. The van der Waals surface area contributed by atoms with Gasteiger partial charge in [-0.1, -0.05) is 24.3 Å². The van der Waals surface area contributed by atoms with Crippen LogP contribution in [0.5, 0.6) is 0 Å². The van der Waals surface area contributed by atoms with Crippen molar-refractivity contribution in [1.82, 2.24) is 0 Å². The maximum absolute atomic E-state index is 13.3. The second kappa shape index (κ2) is 4.72. The minimum absolute atomic E-state index is 0.0771. The maximum Gasteiger partial charge on any atom is 0.226 e. The van der Waals surface area contributed by atoms with Gasteiger partial charge in [-0.25, -0.2) is 4.39 Å². The Morgan fingerprint density at radius 2 is 1.84 bits per heavy atom. The van der Waals surface area contributed by atoms with Crippen LogP contribution < -0.4 is 10.6 Å². The Labute approximate surface area is 110 Å². The van der Waals surface area contributed by atoms with Crippen molar-refractivity contribution in [3.05, 3.63) is 59.9 Å². The van der Waals surface area contributed by atoms with Crippen LogP contribution in [0.4, 0.5) is 15.8 Å². The van der Waals surface area contributed by atoms with Gasteiger partial charge in [-0.2, -0.15) is 0 Å². The lowest BCUT2D eigenvalue weighted by atomic mass is 10.0. The Balaban J connectivity index is 1.98. The molecule has 2 aromatic carbocycles. The molecule has 0 unspecified atom stereocenters. The monoisotopic (exact) mass is 256 g/mol. The van der Waals surface area contributed by atoms with E-state index in [1.807, 2.05) is 30.3 Å². The number of hydrogen-bond acceptors (Lipinski definition) is 2. The minimum atomic E-state index is -0.294. The number of rotatable bonds is 1. The molecule has 1 aliphatic rings. The quantitative estimate of drug-likeness (QED) is 0.821. The van der Waals surface area contributed by atoms with Crippen LogP contribution >= 0.6 is 0 Å². The van der Waals surface area contributed by atoms with Crippen LogP contribution in [0.15, 0.2) is 48.5 Å². The summed E-state index contributed by atoms with van der Waals surface area (Å²) in [6.07, 6.45) is 0.276. The van der Waals surface area contributed by atoms with E-state index in [0.717, 1.165) is 16.9 Å². The van der Waals surface area contributed by atoms with Crippen LogP contribution in [0.1, 0.15) is 18.0 Å². The van der Waals surface area contributed by atoms with Crippen LogP contribution in [0, 0.1) is 5.82 Å². The lowest BCUT2D eigenvalue weighted by molar-refractivity contribution is -0.116. The van der Waals surface area contributed by atoms with Gasteiger partial charge in [-0.05, 0) is 29.8 Å². The van der Waals surface area contributed by atoms with E-state index in [0.29, 0.717) is 0 Å². The summed E-state index contributed by atoms with van der Waals surface area (Å²) in [5.74, 6) is -0.371. The van der Waals surface area contributed by atoms with E-state index in [1.165, 1.54) is 12.1 Å². The standard InChI is InChI=1S/C15H13FN2O/c16-11-5-3-4-10(8-11)14-9-15(19)18-13-7-2-1-6-12(13)17-14/h1-8,14,17H,9H2,(H,18,19)/t14-/m1/s1. The molecular formula is C15H13FN2O. The lowest BCUT2D eigenvalue weighted by Crippen LogP contribution is -2.15. The molecule has 0 saturated carbocycles. The third-order valence-corrected chi connectivity index (χ3v) is 3.17. The zero-order valence-electron chi connectivity index (χ0n) is 10.2. The van der Waals surface area contributed by atoms with E-state index in [9.17, 15) is 9.18 Å². The fourth-order valence-electron chi connectivity index (χ4n) is 2.27. The van der Waals surface area contributed by atoms with E-state index in [2.05, 4.69) is 10.6 Å². The van der Waals surface area contributed by atoms with Crippen LogP contribution in [0.25, 0.3) is 0 Å². The summed E-state index contributed by atoms with van der Waals surface area (Å²) >= 11 is 0. The van der Waals surface area contributed by atoms with E-state index >= 15 is 0 Å². The van der Waals surface area contributed by atoms with Gasteiger partial charge in [0.05, 0.1) is 23.8 Å². The zero-order valence-corrected chi connectivity index (χ0v) is 10.2. The minimum Gasteiger partial charge on any atom is -0.376 e. The molecule has 2 aromatic rings. The van der Waals surface area contributed by atoms with E-state index in [1.54, 1.807) is 6.07 Å². The number of hydrogen-bond donors (Lipinski definition) is 2. The van der Waals surface area contributed by atoms with Gasteiger partial charge in [0, 0.05) is 0 Å². The highest BCUT2D eigenvalue weighted by Gasteiger charge is 2.21. The molecule has 0 fully saturated rings. The van der Waals surface area contributed by atoms with Gasteiger partial charge in [0.2, 0.25) is 5.91 Å². The molecule has 1 amide bonds. The number of amides is 1. The molecule has 1 aliphatic heterocycles. The fourth-order valence-corrected chi connectivity index (χ4v) is 2.27. The average Bonchev–Trinajstić information content (AvgIpc) is 2.56. The van der Waals surface area contributed by atoms with Crippen LogP contribution in [-0.2, 0) is 4.79 Å².